The van der Waals surface area contributed by atoms with Crippen LogP contribution in [0.1, 0.15) is 5.56 Å². The van der Waals surface area contributed by atoms with Crippen LogP contribution >= 0.6 is 0 Å². The van der Waals surface area contributed by atoms with Gasteiger partial charge >= 0.3 is 0 Å². The number of nitrogens with zero attached hydrogens (tertiary/aromatic N) is 2. The second kappa shape index (κ2) is 8.54. The number of hydrogen-bond acceptors (Lipinski definition) is 4. The van der Waals surface area contributed by atoms with Crippen LogP contribution in [0.4, 0.5) is 21.5 Å². The third kappa shape index (κ3) is 3.88. The monoisotopic (exact) mass is 431 g/mol. The molecule has 0 spiro atoms. The average Bonchev–Trinajstić information content (AvgIpc) is 2.84. The molecule has 5 rings (SSSR count). The maximum Gasteiger partial charge on any atom is 0.229 e. The number of halogens is 1. The van der Waals surface area contributed by atoms with Gasteiger partial charge in [-0.25, -0.2) is 4.39 Å². The first-order valence-corrected chi connectivity index (χ1v) is 10.9. The summed E-state index contributed by atoms with van der Waals surface area (Å²) in [7, 11) is 1.67. The summed E-state index contributed by atoms with van der Waals surface area (Å²) in [6.45, 7) is 2.26. The van der Waals surface area contributed by atoms with Gasteiger partial charge in [-0.05, 0) is 54.4 Å². The summed E-state index contributed by atoms with van der Waals surface area (Å²) in [5.74, 6) is 0.384. The second-order valence-electron chi connectivity index (χ2n) is 8.34. The van der Waals surface area contributed by atoms with Gasteiger partial charge in [0.2, 0.25) is 5.91 Å². The average molecular weight is 432 g/mol. The van der Waals surface area contributed by atoms with Crippen molar-refractivity contribution in [3.63, 3.8) is 0 Å². The Bertz CT molecular complexity index is 1100. The molecule has 0 radical (unpaired) electrons. The van der Waals surface area contributed by atoms with Crippen LogP contribution in [0.2, 0.25) is 0 Å². The largest absolute Gasteiger partial charge is 0.497 e. The van der Waals surface area contributed by atoms with Gasteiger partial charge in [0.1, 0.15) is 11.6 Å². The van der Waals surface area contributed by atoms with Gasteiger partial charge in [0.05, 0.1) is 19.1 Å². The maximum atomic E-state index is 13.4. The zero-order chi connectivity index (χ0) is 22.1. The Labute approximate surface area is 187 Å². The van der Waals surface area contributed by atoms with Crippen molar-refractivity contribution in [1.29, 1.82) is 0 Å². The third-order valence-corrected chi connectivity index (χ3v) is 6.49. The minimum absolute atomic E-state index is 0.00267. The van der Waals surface area contributed by atoms with Gasteiger partial charge in [0.25, 0.3) is 0 Å². The lowest BCUT2D eigenvalue weighted by atomic mass is 9.83. The van der Waals surface area contributed by atoms with E-state index in [9.17, 15) is 9.18 Å². The van der Waals surface area contributed by atoms with Crippen LogP contribution in [0.5, 0.6) is 5.75 Å². The Kier molecular flexibility index (Phi) is 5.43. The molecule has 1 amide bonds. The van der Waals surface area contributed by atoms with E-state index in [1.807, 2.05) is 48.5 Å². The van der Waals surface area contributed by atoms with Gasteiger partial charge in [-0.3, -0.25) is 4.79 Å². The maximum absolute atomic E-state index is 13.4. The van der Waals surface area contributed by atoms with Crippen molar-refractivity contribution in [1.82, 2.24) is 0 Å². The van der Waals surface area contributed by atoms with E-state index in [2.05, 4.69) is 27.2 Å². The quantitative estimate of drug-likeness (QED) is 0.668. The Hall–Kier alpha value is -3.54. The normalized spacial score (nSPS) is 19.7. The first kappa shape index (κ1) is 20.4. The third-order valence-electron chi connectivity index (χ3n) is 6.49. The van der Waals surface area contributed by atoms with E-state index in [1.54, 1.807) is 7.11 Å². The molecular weight excluding hydrogens is 405 g/mol. The molecule has 0 saturated carbocycles. The number of piperazine rings is 1. The summed E-state index contributed by atoms with van der Waals surface area (Å²) in [5.41, 5.74) is 4.07. The summed E-state index contributed by atoms with van der Waals surface area (Å²) in [6.07, 6.45) is 0.663. The fourth-order valence-corrected chi connectivity index (χ4v) is 4.85. The number of methoxy groups -OCH3 is 1. The van der Waals surface area contributed by atoms with Crippen molar-refractivity contribution < 1.29 is 13.9 Å². The van der Waals surface area contributed by atoms with Crippen molar-refractivity contribution in [3.8, 4) is 5.75 Å². The molecule has 6 heteroatoms. The standard InChI is InChI=1S/C26H26FN3O2/c1-32-22-12-7-18-15-23(26(31)28-20-5-3-2-4-6-20)25-17-29(13-14-30(25)24(18)16-22)21-10-8-19(27)9-11-21/h2-12,16,23,25H,13-15,17H2,1H3,(H,28,31)/t23-,25-/m1/s1. The van der Waals surface area contributed by atoms with Gasteiger partial charge in [-0.2, -0.15) is 0 Å². The van der Waals surface area contributed by atoms with Crippen LogP contribution in [-0.2, 0) is 11.2 Å². The van der Waals surface area contributed by atoms with Crippen LogP contribution in [0.3, 0.4) is 0 Å². The zero-order valence-corrected chi connectivity index (χ0v) is 18.0. The van der Waals surface area contributed by atoms with Crippen LogP contribution < -0.4 is 19.9 Å². The lowest BCUT2D eigenvalue weighted by Gasteiger charge is -2.49. The summed E-state index contributed by atoms with van der Waals surface area (Å²) >= 11 is 0. The van der Waals surface area contributed by atoms with E-state index in [1.165, 1.54) is 12.1 Å². The predicted octanol–water partition coefficient (Wildman–Crippen LogP) is 4.34. The van der Waals surface area contributed by atoms with Gasteiger partial charge < -0.3 is 19.9 Å². The van der Waals surface area contributed by atoms with Crippen molar-refractivity contribution in [2.45, 2.75) is 12.5 Å². The Balaban J connectivity index is 1.47. The number of hydrogen-bond donors (Lipinski definition) is 1. The highest BCUT2D eigenvalue weighted by molar-refractivity contribution is 5.94. The number of amides is 1. The molecule has 0 unspecified atom stereocenters. The predicted molar refractivity (Wildman–Crippen MR) is 125 cm³/mol. The number of fused-ring (bicyclic) bond motifs is 3. The summed E-state index contributed by atoms with van der Waals surface area (Å²) < 4.78 is 18.9. The molecule has 164 valence electrons. The summed E-state index contributed by atoms with van der Waals surface area (Å²) in [4.78, 5) is 18.0. The smallest absolute Gasteiger partial charge is 0.229 e. The fraction of sp³-hybridized carbons (Fsp3) is 0.269. The lowest BCUT2D eigenvalue weighted by molar-refractivity contribution is -0.120. The minimum Gasteiger partial charge on any atom is -0.497 e. The lowest BCUT2D eigenvalue weighted by Crippen LogP contribution is -2.60. The number of ether oxygens (including phenoxy) is 1. The summed E-state index contributed by atoms with van der Waals surface area (Å²) in [6, 6.07) is 22.3. The Morgan fingerprint density at radius 1 is 1.03 bits per heavy atom. The Morgan fingerprint density at radius 3 is 2.56 bits per heavy atom. The number of anilines is 3. The van der Waals surface area contributed by atoms with Gasteiger partial charge in [-0.15, -0.1) is 0 Å². The second-order valence-corrected chi connectivity index (χ2v) is 8.34. The number of rotatable bonds is 4. The molecule has 3 aromatic carbocycles. The van der Waals surface area contributed by atoms with E-state index in [4.69, 9.17) is 4.74 Å². The molecule has 1 saturated heterocycles. The highest BCUT2D eigenvalue weighted by atomic mass is 19.1. The molecule has 0 aromatic heterocycles. The molecule has 1 N–H and O–H groups in total. The zero-order valence-electron chi connectivity index (χ0n) is 18.0. The van der Waals surface area contributed by atoms with E-state index < -0.39 is 0 Å². The topological polar surface area (TPSA) is 44.8 Å². The van der Waals surface area contributed by atoms with E-state index in [0.717, 1.165) is 41.5 Å². The fourth-order valence-electron chi connectivity index (χ4n) is 4.85. The van der Waals surface area contributed by atoms with Crippen molar-refractivity contribution in [2.75, 3.05) is 41.9 Å². The summed E-state index contributed by atoms with van der Waals surface area (Å²) in [5, 5.41) is 3.10. The molecule has 3 aromatic rings. The molecule has 2 aliphatic rings. The molecular formula is C26H26FN3O2. The van der Waals surface area contributed by atoms with Gasteiger partial charge in [-0.1, -0.05) is 24.3 Å². The number of carbonyl (C=O) groups excluding carboxylic acids is 1. The molecule has 2 aliphatic heterocycles. The highest BCUT2D eigenvalue weighted by Crippen LogP contribution is 2.39. The Morgan fingerprint density at radius 2 is 1.81 bits per heavy atom. The highest BCUT2D eigenvalue weighted by Gasteiger charge is 2.41. The molecule has 32 heavy (non-hydrogen) atoms. The molecule has 0 aliphatic carbocycles. The minimum atomic E-state index is -0.244. The molecule has 1 fully saturated rings. The molecule has 5 nitrogen and oxygen atoms in total. The van der Waals surface area contributed by atoms with Crippen molar-refractivity contribution in [3.05, 3.63) is 84.2 Å². The van der Waals surface area contributed by atoms with Gasteiger partial charge in [0, 0.05) is 42.8 Å². The van der Waals surface area contributed by atoms with Crippen LogP contribution in [-0.4, -0.2) is 38.7 Å². The first-order valence-electron chi connectivity index (χ1n) is 10.9. The SMILES string of the molecule is COc1ccc2c(c1)N1CCN(c3ccc(F)cc3)C[C@@H]1[C@H](C(=O)Nc1ccccc1)C2. The molecule has 2 heterocycles. The van der Waals surface area contributed by atoms with Crippen LogP contribution in [0.15, 0.2) is 72.8 Å². The van der Waals surface area contributed by atoms with Crippen molar-refractivity contribution >= 4 is 23.0 Å². The van der Waals surface area contributed by atoms with E-state index in [-0.39, 0.29) is 23.7 Å². The number of carbonyl (C=O) groups is 1. The number of para-hydroxylation sites is 1. The number of benzene rings is 3. The van der Waals surface area contributed by atoms with Crippen LogP contribution in [0.25, 0.3) is 0 Å². The van der Waals surface area contributed by atoms with E-state index in [0.29, 0.717) is 13.0 Å². The van der Waals surface area contributed by atoms with Crippen LogP contribution in [0, 0.1) is 11.7 Å². The first-order chi connectivity index (χ1) is 15.6. The number of nitrogens with one attached hydrogen (secondary N) is 1. The van der Waals surface area contributed by atoms with E-state index >= 15 is 0 Å². The van der Waals surface area contributed by atoms with Crippen molar-refractivity contribution in [2.24, 2.45) is 5.92 Å². The molecule has 0 bridgehead atoms. The van der Waals surface area contributed by atoms with Gasteiger partial charge in [0.15, 0.2) is 0 Å². The molecule has 2 atom stereocenters.